The molecule has 0 spiro atoms. The predicted octanol–water partition coefficient (Wildman–Crippen LogP) is 3.23. The van der Waals surface area contributed by atoms with Crippen molar-refractivity contribution in [2.45, 2.75) is 44.9 Å². The summed E-state index contributed by atoms with van der Waals surface area (Å²) in [5, 5.41) is 19.5. The predicted molar refractivity (Wildman–Crippen MR) is 114 cm³/mol. The second kappa shape index (κ2) is 8.04. The van der Waals surface area contributed by atoms with Crippen LogP contribution in [0, 0.1) is 6.92 Å². The highest BCUT2D eigenvalue weighted by Crippen LogP contribution is 2.28. The lowest BCUT2D eigenvalue weighted by atomic mass is 10.1. The fraction of sp³-hybridized carbons (Fsp3) is 0.333. The molecule has 0 radical (unpaired) electrons. The summed E-state index contributed by atoms with van der Waals surface area (Å²) in [6.45, 7) is 2.18. The minimum Gasteiger partial charge on any atom is -0.391 e. The van der Waals surface area contributed by atoms with E-state index in [1.54, 1.807) is 23.1 Å². The number of pyridine rings is 1. The fourth-order valence-electron chi connectivity index (χ4n) is 3.82. The summed E-state index contributed by atoms with van der Waals surface area (Å²) in [7, 11) is 0. The second-order valence-electron chi connectivity index (χ2n) is 7.44. The molecule has 8 heteroatoms. The van der Waals surface area contributed by atoms with Crippen molar-refractivity contribution in [1.29, 1.82) is 0 Å². The first-order valence-electron chi connectivity index (χ1n) is 9.56. The van der Waals surface area contributed by atoms with Crippen molar-refractivity contribution in [3.8, 4) is 0 Å². The topological polar surface area (TPSA) is 105 Å². The number of amides is 1. The van der Waals surface area contributed by atoms with Gasteiger partial charge >= 0.3 is 0 Å². The molecular formula is C21H22BrN5O2. The minimum atomic E-state index is -0.536. The van der Waals surface area contributed by atoms with Gasteiger partial charge < -0.3 is 15.7 Å². The van der Waals surface area contributed by atoms with E-state index in [9.17, 15) is 9.90 Å². The molecule has 1 aliphatic rings. The van der Waals surface area contributed by atoms with Gasteiger partial charge in [-0.3, -0.25) is 4.79 Å². The number of anilines is 1. The Morgan fingerprint density at radius 3 is 2.76 bits per heavy atom. The lowest BCUT2D eigenvalue weighted by molar-refractivity contribution is 0.0427. The van der Waals surface area contributed by atoms with Crippen LogP contribution in [0.15, 0.2) is 41.0 Å². The number of benzene rings is 1. The van der Waals surface area contributed by atoms with E-state index in [4.69, 9.17) is 5.73 Å². The van der Waals surface area contributed by atoms with Crippen LogP contribution in [-0.2, 0) is 6.54 Å². The molecule has 150 valence electrons. The van der Waals surface area contributed by atoms with E-state index in [1.807, 2.05) is 25.1 Å². The average Bonchev–Trinajstić information content (AvgIpc) is 3.13. The quantitative estimate of drug-likeness (QED) is 0.625. The van der Waals surface area contributed by atoms with E-state index < -0.39 is 6.10 Å². The zero-order valence-corrected chi connectivity index (χ0v) is 17.6. The molecule has 1 amide bonds. The number of halogens is 1. The molecule has 2 heterocycles. The van der Waals surface area contributed by atoms with Gasteiger partial charge in [-0.15, -0.1) is 5.10 Å². The Balaban J connectivity index is 1.69. The molecule has 1 saturated carbocycles. The van der Waals surface area contributed by atoms with Crippen LogP contribution in [0.2, 0.25) is 0 Å². The van der Waals surface area contributed by atoms with E-state index >= 15 is 0 Å². The first-order valence-corrected chi connectivity index (χ1v) is 10.4. The number of aliphatic hydroxyl groups excluding tert-OH is 1. The Bertz CT molecular complexity index is 1060. The number of fused-ring (bicyclic) bond motifs is 1. The van der Waals surface area contributed by atoms with Gasteiger partial charge in [-0.1, -0.05) is 0 Å². The summed E-state index contributed by atoms with van der Waals surface area (Å²) in [5.41, 5.74) is 8.73. The van der Waals surface area contributed by atoms with Crippen LogP contribution in [0.25, 0.3) is 10.9 Å². The van der Waals surface area contributed by atoms with Gasteiger partial charge in [-0.05, 0) is 84.1 Å². The Kier molecular flexibility index (Phi) is 5.47. The van der Waals surface area contributed by atoms with Gasteiger partial charge in [-0.2, -0.15) is 5.10 Å². The molecule has 0 unspecified atom stereocenters. The zero-order valence-electron chi connectivity index (χ0n) is 16.0. The number of carbonyl (C=O) groups is 1. The largest absolute Gasteiger partial charge is 0.391 e. The number of aromatic nitrogens is 3. The molecule has 29 heavy (non-hydrogen) atoms. The van der Waals surface area contributed by atoms with Crippen LogP contribution in [0.1, 0.15) is 40.9 Å². The molecule has 1 aromatic carbocycles. The number of nitrogens with zero attached hydrogens (tertiary/aromatic N) is 4. The van der Waals surface area contributed by atoms with E-state index in [0.29, 0.717) is 28.1 Å². The van der Waals surface area contributed by atoms with Crippen LogP contribution in [0.5, 0.6) is 0 Å². The summed E-state index contributed by atoms with van der Waals surface area (Å²) >= 11 is 3.28. The second-order valence-corrected chi connectivity index (χ2v) is 8.26. The maximum atomic E-state index is 13.5. The maximum absolute atomic E-state index is 13.5. The molecule has 0 bridgehead atoms. The first-order chi connectivity index (χ1) is 13.9. The summed E-state index contributed by atoms with van der Waals surface area (Å²) in [6, 6.07) is 10.7. The van der Waals surface area contributed by atoms with Crippen molar-refractivity contribution < 1.29 is 9.90 Å². The SMILES string of the molecule is Cc1cc2cc(C(=O)N(Cc3ccc(Br)nn3)[C@@H]3CCC[C@H]3O)ccc2nc1N. The third-order valence-corrected chi connectivity index (χ3v) is 5.84. The highest BCUT2D eigenvalue weighted by molar-refractivity contribution is 9.10. The molecule has 1 fully saturated rings. The summed E-state index contributed by atoms with van der Waals surface area (Å²) < 4.78 is 0.636. The lowest BCUT2D eigenvalue weighted by Crippen LogP contribution is -2.44. The molecule has 7 nitrogen and oxygen atoms in total. The first kappa shape index (κ1) is 19.7. The van der Waals surface area contributed by atoms with Gasteiger partial charge in [0.05, 0.1) is 29.9 Å². The molecule has 3 N–H and O–H groups in total. The molecule has 3 aromatic rings. The van der Waals surface area contributed by atoms with Crippen LogP contribution in [-0.4, -0.2) is 43.2 Å². The maximum Gasteiger partial charge on any atom is 0.254 e. The van der Waals surface area contributed by atoms with Gasteiger partial charge in [0, 0.05) is 10.9 Å². The van der Waals surface area contributed by atoms with Gasteiger partial charge in [0.25, 0.3) is 5.91 Å². The third-order valence-electron chi connectivity index (χ3n) is 5.42. The average molecular weight is 456 g/mol. The van der Waals surface area contributed by atoms with Crippen LogP contribution in [0.4, 0.5) is 5.82 Å². The normalized spacial score (nSPS) is 18.9. The smallest absolute Gasteiger partial charge is 0.254 e. The summed E-state index contributed by atoms with van der Waals surface area (Å²) in [6.07, 6.45) is 1.82. The van der Waals surface area contributed by atoms with E-state index in [2.05, 4.69) is 31.1 Å². The Hall–Kier alpha value is -2.58. The highest BCUT2D eigenvalue weighted by Gasteiger charge is 2.34. The zero-order chi connectivity index (χ0) is 20.5. The summed E-state index contributed by atoms with van der Waals surface area (Å²) in [4.78, 5) is 19.5. The number of aliphatic hydroxyl groups is 1. The molecule has 2 atom stereocenters. The van der Waals surface area contributed by atoms with Crippen LogP contribution in [0.3, 0.4) is 0 Å². The van der Waals surface area contributed by atoms with Crippen molar-refractivity contribution in [2.75, 3.05) is 5.73 Å². The van der Waals surface area contributed by atoms with E-state index in [0.717, 1.165) is 29.3 Å². The Morgan fingerprint density at radius 2 is 2.07 bits per heavy atom. The lowest BCUT2D eigenvalue weighted by Gasteiger charge is -2.31. The van der Waals surface area contributed by atoms with Crippen molar-refractivity contribution in [1.82, 2.24) is 20.1 Å². The molecule has 4 rings (SSSR count). The van der Waals surface area contributed by atoms with Gasteiger partial charge in [0.2, 0.25) is 0 Å². The molecular weight excluding hydrogens is 434 g/mol. The number of nitrogens with two attached hydrogens (primary N) is 1. The standard InChI is InChI=1S/C21H22BrN5O2/c1-12-9-14-10-13(5-7-16(14)24-20(12)23)21(29)27(17-3-2-4-18(17)28)11-15-6-8-19(22)26-25-15/h5-10,17-18,28H,2-4,11H2,1H3,(H2,23,24)/t17-,18-/m1/s1. The number of aryl methyl sites for hydroxylation is 1. The third kappa shape index (κ3) is 4.09. The number of carbonyl (C=O) groups excluding carboxylic acids is 1. The Morgan fingerprint density at radius 1 is 1.24 bits per heavy atom. The van der Waals surface area contributed by atoms with Crippen molar-refractivity contribution in [2.24, 2.45) is 0 Å². The number of hydrogen-bond acceptors (Lipinski definition) is 6. The number of hydrogen-bond donors (Lipinski definition) is 2. The molecule has 1 aliphatic carbocycles. The van der Waals surface area contributed by atoms with Crippen LogP contribution >= 0.6 is 15.9 Å². The summed E-state index contributed by atoms with van der Waals surface area (Å²) in [5.74, 6) is 0.346. The molecule has 0 aliphatic heterocycles. The number of rotatable bonds is 4. The van der Waals surface area contributed by atoms with E-state index in [-0.39, 0.29) is 18.5 Å². The molecule has 2 aromatic heterocycles. The van der Waals surface area contributed by atoms with E-state index in [1.165, 1.54) is 0 Å². The van der Waals surface area contributed by atoms with Crippen molar-refractivity contribution in [3.05, 3.63) is 57.8 Å². The monoisotopic (exact) mass is 455 g/mol. The number of nitrogen functional groups attached to an aromatic ring is 1. The van der Waals surface area contributed by atoms with Gasteiger partial charge in [0.15, 0.2) is 0 Å². The van der Waals surface area contributed by atoms with Gasteiger partial charge in [0.1, 0.15) is 10.4 Å². The Labute approximate surface area is 177 Å². The highest BCUT2D eigenvalue weighted by atomic mass is 79.9. The molecule has 0 saturated heterocycles. The fourth-order valence-corrected chi connectivity index (χ4v) is 4.03. The van der Waals surface area contributed by atoms with Crippen LogP contribution < -0.4 is 5.73 Å². The minimum absolute atomic E-state index is 0.142. The van der Waals surface area contributed by atoms with Crippen molar-refractivity contribution in [3.63, 3.8) is 0 Å². The van der Waals surface area contributed by atoms with Gasteiger partial charge in [-0.25, -0.2) is 4.98 Å². The van der Waals surface area contributed by atoms with Crippen molar-refractivity contribution >= 4 is 38.6 Å².